The first kappa shape index (κ1) is 19.7. The molecule has 2 saturated heterocycles. The molecule has 2 heterocycles. The molecule has 0 spiro atoms. The van der Waals surface area contributed by atoms with E-state index >= 15 is 0 Å². The molecule has 0 aromatic heterocycles. The highest BCUT2D eigenvalue weighted by Gasteiger charge is 2.38. The topological polar surface area (TPSA) is 89.5 Å². The quantitative estimate of drug-likeness (QED) is 0.718. The molecule has 2 aliphatic heterocycles. The smallest absolute Gasteiger partial charge is 0.255 e. The largest absolute Gasteiger partial charge is 0.493 e. The summed E-state index contributed by atoms with van der Waals surface area (Å²) in [6.07, 6.45) is 1.54. The van der Waals surface area contributed by atoms with Crippen LogP contribution in [-0.4, -0.2) is 81.7 Å². The molecule has 0 unspecified atom stereocenters. The van der Waals surface area contributed by atoms with Crippen LogP contribution in [0.5, 0.6) is 17.2 Å². The molecule has 8 heteroatoms. The zero-order valence-electron chi connectivity index (χ0n) is 16.1. The van der Waals surface area contributed by atoms with E-state index in [4.69, 9.17) is 24.1 Å². The Kier molecular flexibility index (Phi) is 6.41. The van der Waals surface area contributed by atoms with Crippen molar-refractivity contribution in [3.05, 3.63) is 17.7 Å². The Bertz CT molecular complexity index is 668. The number of rotatable bonds is 7. The van der Waals surface area contributed by atoms with Gasteiger partial charge in [0.1, 0.15) is 0 Å². The summed E-state index contributed by atoms with van der Waals surface area (Å²) in [4.78, 5) is 15.2. The van der Waals surface area contributed by atoms with Gasteiger partial charge in [-0.25, -0.2) is 0 Å². The lowest BCUT2D eigenvalue weighted by Crippen LogP contribution is -2.46. The number of ether oxygens (including phenoxy) is 4. The Labute approximate surface area is 159 Å². The lowest BCUT2D eigenvalue weighted by molar-refractivity contribution is -0.0566. The van der Waals surface area contributed by atoms with E-state index in [0.29, 0.717) is 41.9 Å². The molecule has 3 rings (SSSR count). The van der Waals surface area contributed by atoms with Gasteiger partial charge >= 0.3 is 0 Å². The number of morpholine rings is 1. The van der Waals surface area contributed by atoms with E-state index in [2.05, 4.69) is 10.2 Å². The Hall–Kier alpha value is -2.03. The van der Waals surface area contributed by atoms with Crippen LogP contribution in [0.3, 0.4) is 0 Å². The average molecular weight is 380 g/mol. The SMILES string of the molecule is COc1ccc(C(=O)N[C@H]2C[C@H]3CO[C@@H](CCO)CN3C2)c(OC)c1OC. The molecule has 0 aliphatic carbocycles. The van der Waals surface area contributed by atoms with Gasteiger partial charge in [0.15, 0.2) is 11.5 Å². The maximum atomic E-state index is 12.9. The number of hydrogen-bond acceptors (Lipinski definition) is 7. The third kappa shape index (κ3) is 4.12. The van der Waals surface area contributed by atoms with Crippen molar-refractivity contribution in [2.75, 3.05) is 47.6 Å². The molecule has 2 fully saturated rings. The van der Waals surface area contributed by atoms with E-state index in [1.807, 2.05) is 0 Å². The standard InChI is InChI=1S/C19H28N2O6/c1-24-16-5-4-15(17(25-2)18(16)26-3)19(23)20-12-8-13-11-27-14(6-7-22)10-21(13)9-12/h4-5,12-14,22H,6-11H2,1-3H3,(H,20,23)/t12-,13-,14-/m0/s1. The number of hydrogen-bond donors (Lipinski definition) is 2. The maximum Gasteiger partial charge on any atom is 0.255 e. The van der Waals surface area contributed by atoms with Crippen molar-refractivity contribution in [1.29, 1.82) is 0 Å². The molecule has 8 nitrogen and oxygen atoms in total. The molecule has 0 radical (unpaired) electrons. The van der Waals surface area contributed by atoms with E-state index in [1.165, 1.54) is 21.3 Å². The maximum absolute atomic E-state index is 12.9. The number of nitrogens with zero attached hydrogens (tertiary/aromatic N) is 1. The first-order valence-electron chi connectivity index (χ1n) is 9.17. The molecule has 1 aromatic carbocycles. The molecule has 1 amide bonds. The van der Waals surface area contributed by atoms with Crippen LogP contribution in [0.15, 0.2) is 12.1 Å². The Morgan fingerprint density at radius 3 is 2.67 bits per heavy atom. The van der Waals surface area contributed by atoms with Gasteiger partial charge in [0.05, 0.1) is 39.6 Å². The van der Waals surface area contributed by atoms with Gasteiger partial charge < -0.3 is 29.4 Å². The van der Waals surface area contributed by atoms with E-state index in [9.17, 15) is 4.79 Å². The highest BCUT2D eigenvalue weighted by molar-refractivity contribution is 5.98. The van der Waals surface area contributed by atoms with E-state index in [0.717, 1.165) is 19.5 Å². The molecule has 2 N–H and O–H groups in total. The summed E-state index contributed by atoms with van der Waals surface area (Å²) >= 11 is 0. The fourth-order valence-corrected chi connectivity index (χ4v) is 3.91. The molecule has 0 bridgehead atoms. The van der Waals surface area contributed by atoms with Crippen LogP contribution in [0.1, 0.15) is 23.2 Å². The van der Waals surface area contributed by atoms with Gasteiger partial charge in [-0.3, -0.25) is 9.69 Å². The summed E-state index contributed by atoms with van der Waals surface area (Å²) < 4.78 is 21.8. The molecule has 150 valence electrons. The monoisotopic (exact) mass is 380 g/mol. The van der Waals surface area contributed by atoms with Gasteiger partial charge in [-0.2, -0.15) is 0 Å². The lowest BCUT2D eigenvalue weighted by Gasteiger charge is -2.34. The van der Waals surface area contributed by atoms with Crippen molar-refractivity contribution in [2.45, 2.75) is 31.0 Å². The van der Waals surface area contributed by atoms with Crippen molar-refractivity contribution in [3.63, 3.8) is 0 Å². The van der Waals surface area contributed by atoms with Crippen LogP contribution in [-0.2, 0) is 4.74 Å². The minimum atomic E-state index is -0.203. The number of benzene rings is 1. The van der Waals surface area contributed by atoms with Crippen LogP contribution >= 0.6 is 0 Å². The molecule has 0 saturated carbocycles. The van der Waals surface area contributed by atoms with Crippen LogP contribution < -0.4 is 19.5 Å². The fourth-order valence-electron chi connectivity index (χ4n) is 3.91. The molecule has 2 aliphatic rings. The molecule has 1 aromatic rings. The number of nitrogens with one attached hydrogen (secondary N) is 1. The number of fused-ring (bicyclic) bond motifs is 1. The van der Waals surface area contributed by atoms with Gasteiger partial charge in [-0.05, 0) is 25.0 Å². The van der Waals surface area contributed by atoms with Crippen LogP contribution in [0.2, 0.25) is 0 Å². The molecular formula is C19H28N2O6. The van der Waals surface area contributed by atoms with E-state index < -0.39 is 0 Å². The van der Waals surface area contributed by atoms with Gasteiger partial charge in [-0.1, -0.05) is 0 Å². The fraction of sp³-hybridized carbons (Fsp3) is 0.632. The second-order valence-corrected chi connectivity index (χ2v) is 6.86. The van der Waals surface area contributed by atoms with Crippen molar-refractivity contribution < 1.29 is 28.8 Å². The highest BCUT2D eigenvalue weighted by Crippen LogP contribution is 2.39. The Balaban J connectivity index is 1.68. The third-order valence-electron chi connectivity index (χ3n) is 5.23. The summed E-state index contributed by atoms with van der Waals surface area (Å²) in [6.45, 7) is 2.33. The normalized spacial score (nSPS) is 25.0. The number of aliphatic hydroxyl groups is 1. The molecule has 3 atom stereocenters. The third-order valence-corrected chi connectivity index (χ3v) is 5.23. The van der Waals surface area contributed by atoms with Crippen molar-refractivity contribution >= 4 is 5.91 Å². The van der Waals surface area contributed by atoms with Gasteiger partial charge in [0, 0.05) is 31.8 Å². The second kappa shape index (κ2) is 8.77. The number of methoxy groups -OCH3 is 3. The van der Waals surface area contributed by atoms with Gasteiger partial charge in [0.25, 0.3) is 5.91 Å². The summed E-state index contributed by atoms with van der Waals surface area (Å²) in [5.41, 5.74) is 0.412. The first-order chi connectivity index (χ1) is 13.1. The summed E-state index contributed by atoms with van der Waals surface area (Å²) in [5.74, 6) is 1.06. The van der Waals surface area contributed by atoms with Crippen LogP contribution in [0.4, 0.5) is 0 Å². The minimum Gasteiger partial charge on any atom is -0.493 e. The lowest BCUT2D eigenvalue weighted by atomic mass is 10.1. The zero-order valence-corrected chi connectivity index (χ0v) is 16.1. The number of aliphatic hydroxyl groups excluding tert-OH is 1. The van der Waals surface area contributed by atoms with Gasteiger partial charge in [-0.15, -0.1) is 0 Å². The second-order valence-electron chi connectivity index (χ2n) is 6.86. The Morgan fingerprint density at radius 2 is 2.00 bits per heavy atom. The Morgan fingerprint density at radius 1 is 1.22 bits per heavy atom. The van der Waals surface area contributed by atoms with Crippen molar-refractivity contribution in [3.8, 4) is 17.2 Å². The number of carbonyl (C=O) groups excluding carboxylic acids is 1. The minimum absolute atomic E-state index is 0.0387. The molecule has 27 heavy (non-hydrogen) atoms. The highest BCUT2D eigenvalue weighted by atomic mass is 16.5. The summed E-state index contributed by atoms with van der Waals surface area (Å²) in [6, 6.07) is 3.72. The molecular weight excluding hydrogens is 352 g/mol. The van der Waals surface area contributed by atoms with E-state index in [1.54, 1.807) is 12.1 Å². The van der Waals surface area contributed by atoms with Gasteiger partial charge in [0.2, 0.25) is 5.75 Å². The zero-order chi connectivity index (χ0) is 19.4. The number of carbonyl (C=O) groups is 1. The van der Waals surface area contributed by atoms with E-state index in [-0.39, 0.29) is 24.7 Å². The number of amides is 1. The van der Waals surface area contributed by atoms with Crippen LogP contribution in [0, 0.1) is 0 Å². The van der Waals surface area contributed by atoms with Crippen molar-refractivity contribution in [1.82, 2.24) is 10.2 Å². The van der Waals surface area contributed by atoms with Crippen LogP contribution in [0.25, 0.3) is 0 Å². The summed E-state index contributed by atoms with van der Waals surface area (Å²) in [5, 5.41) is 12.2. The predicted molar refractivity (Wildman–Crippen MR) is 98.8 cm³/mol. The average Bonchev–Trinajstić information content (AvgIpc) is 3.08. The summed E-state index contributed by atoms with van der Waals surface area (Å²) in [7, 11) is 4.56. The van der Waals surface area contributed by atoms with Crippen molar-refractivity contribution in [2.24, 2.45) is 0 Å². The first-order valence-corrected chi connectivity index (χ1v) is 9.17. The predicted octanol–water partition coefficient (Wildman–Crippen LogP) is 0.666.